The van der Waals surface area contributed by atoms with Crippen LogP contribution in [0.25, 0.3) is 0 Å². The molecule has 0 saturated heterocycles. The Morgan fingerprint density at radius 2 is 1.82 bits per heavy atom. The minimum atomic E-state index is 0. The van der Waals surface area contributed by atoms with Crippen molar-refractivity contribution >= 4 is 18.3 Å². The Hall–Kier alpha value is -0.280. The summed E-state index contributed by atoms with van der Waals surface area (Å²) >= 11 is 0. The molecule has 0 atom stereocenters. The summed E-state index contributed by atoms with van der Waals surface area (Å²) < 4.78 is 0. The van der Waals surface area contributed by atoms with E-state index in [0.29, 0.717) is 13.0 Å². The molecular formula is C13H27ClN2O. The van der Waals surface area contributed by atoms with Gasteiger partial charge in [-0.3, -0.25) is 4.79 Å². The van der Waals surface area contributed by atoms with Crippen LogP contribution in [0.3, 0.4) is 0 Å². The molecule has 0 aromatic carbocycles. The van der Waals surface area contributed by atoms with E-state index in [0.717, 1.165) is 12.8 Å². The van der Waals surface area contributed by atoms with Crippen LogP contribution >= 0.6 is 12.4 Å². The minimum absolute atomic E-state index is 0. The summed E-state index contributed by atoms with van der Waals surface area (Å²) in [7, 11) is 1.89. The largest absolute Gasteiger partial charge is 0.343 e. The van der Waals surface area contributed by atoms with E-state index in [1.807, 2.05) is 25.8 Å². The first kappa shape index (κ1) is 16.7. The Balaban J connectivity index is 0.00000256. The summed E-state index contributed by atoms with van der Waals surface area (Å²) in [5.74, 6) is 0.252. The summed E-state index contributed by atoms with van der Waals surface area (Å²) in [5, 5.41) is 0. The maximum Gasteiger partial charge on any atom is 0.223 e. The highest BCUT2D eigenvalue weighted by Gasteiger charge is 2.34. The molecule has 4 heteroatoms. The third-order valence-electron chi connectivity index (χ3n) is 4.04. The second-order valence-electron chi connectivity index (χ2n) is 5.54. The van der Waals surface area contributed by atoms with Gasteiger partial charge in [-0.2, -0.15) is 0 Å². The first-order valence-corrected chi connectivity index (χ1v) is 6.46. The van der Waals surface area contributed by atoms with Crippen molar-refractivity contribution in [1.29, 1.82) is 0 Å². The topological polar surface area (TPSA) is 46.3 Å². The molecule has 0 radical (unpaired) electrons. The highest BCUT2D eigenvalue weighted by molar-refractivity contribution is 5.85. The molecule has 102 valence electrons. The van der Waals surface area contributed by atoms with Crippen molar-refractivity contribution < 1.29 is 4.79 Å². The molecule has 0 heterocycles. The Kier molecular flexibility index (Phi) is 7.10. The molecule has 1 amide bonds. The Morgan fingerprint density at radius 1 is 1.29 bits per heavy atom. The maximum absolute atomic E-state index is 12.1. The summed E-state index contributed by atoms with van der Waals surface area (Å²) in [6.07, 6.45) is 6.65. The normalized spacial score (nSPS) is 18.6. The number of hydrogen-bond donors (Lipinski definition) is 1. The van der Waals surface area contributed by atoms with Gasteiger partial charge in [-0.1, -0.05) is 19.3 Å². The molecule has 1 aliphatic carbocycles. The quantitative estimate of drug-likeness (QED) is 0.847. The first-order valence-electron chi connectivity index (χ1n) is 6.46. The number of carbonyl (C=O) groups is 1. The molecule has 1 rings (SSSR count). The second-order valence-corrected chi connectivity index (χ2v) is 5.54. The van der Waals surface area contributed by atoms with Gasteiger partial charge < -0.3 is 10.6 Å². The molecule has 1 fully saturated rings. The molecule has 3 nitrogen and oxygen atoms in total. The molecule has 2 N–H and O–H groups in total. The first-order chi connectivity index (χ1) is 7.51. The molecule has 1 saturated carbocycles. The fraction of sp³-hybridized carbons (Fsp3) is 0.923. The van der Waals surface area contributed by atoms with E-state index < -0.39 is 0 Å². The number of nitrogens with zero attached hydrogens (tertiary/aromatic N) is 1. The molecular weight excluding hydrogens is 236 g/mol. The van der Waals surface area contributed by atoms with Gasteiger partial charge in [-0.15, -0.1) is 12.4 Å². The zero-order valence-electron chi connectivity index (χ0n) is 11.4. The van der Waals surface area contributed by atoms with Crippen molar-refractivity contribution in [3.8, 4) is 0 Å². The third kappa shape index (κ3) is 4.47. The van der Waals surface area contributed by atoms with Gasteiger partial charge in [0.25, 0.3) is 0 Å². The van der Waals surface area contributed by atoms with Crippen LogP contribution < -0.4 is 5.73 Å². The van der Waals surface area contributed by atoms with E-state index >= 15 is 0 Å². The van der Waals surface area contributed by atoms with E-state index in [4.69, 9.17) is 5.73 Å². The zero-order chi connectivity index (χ0) is 12.2. The van der Waals surface area contributed by atoms with Gasteiger partial charge in [0, 0.05) is 19.5 Å². The average Bonchev–Trinajstić information content (AvgIpc) is 2.29. The number of halogens is 1. The van der Waals surface area contributed by atoms with Crippen molar-refractivity contribution in [2.75, 3.05) is 13.6 Å². The van der Waals surface area contributed by atoms with Crippen LogP contribution in [0.5, 0.6) is 0 Å². The fourth-order valence-corrected chi connectivity index (χ4v) is 2.49. The van der Waals surface area contributed by atoms with E-state index in [9.17, 15) is 4.79 Å². The van der Waals surface area contributed by atoms with Gasteiger partial charge in [0.05, 0.1) is 0 Å². The molecule has 0 aliphatic heterocycles. The van der Waals surface area contributed by atoms with Crippen molar-refractivity contribution in [1.82, 2.24) is 4.90 Å². The SMILES string of the molecule is CC(C)N(C)C(=O)CC1(CN)CCCCC1.Cl. The molecule has 17 heavy (non-hydrogen) atoms. The van der Waals surface area contributed by atoms with Crippen molar-refractivity contribution in [3.05, 3.63) is 0 Å². The van der Waals surface area contributed by atoms with Crippen LogP contribution in [0.2, 0.25) is 0 Å². The van der Waals surface area contributed by atoms with Crippen LogP contribution in [0.15, 0.2) is 0 Å². The van der Waals surface area contributed by atoms with Crippen molar-refractivity contribution in [2.24, 2.45) is 11.1 Å². The van der Waals surface area contributed by atoms with Gasteiger partial charge in [-0.05, 0) is 38.6 Å². The smallest absolute Gasteiger partial charge is 0.223 e. The number of rotatable bonds is 4. The van der Waals surface area contributed by atoms with Gasteiger partial charge >= 0.3 is 0 Å². The zero-order valence-corrected chi connectivity index (χ0v) is 12.2. The van der Waals surface area contributed by atoms with E-state index in [1.54, 1.807) is 0 Å². The summed E-state index contributed by atoms with van der Waals surface area (Å²) in [4.78, 5) is 13.9. The van der Waals surface area contributed by atoms with Crippen LogP contribution in [0.4, 0.5) is 0 Å². The summed E-state index contributed by atoms with van der Waals surface area (Å²) in [6.45, 7) is 4.76. The van der Waals surface area contributed by atoms with E-state index in [-0.39, 0.29) is 29.8 Å². The monoisotopic (exact) mass is 262 g/mol. The van der Waals surface area contributed by atoms with Crippen LogP contribution in [-0.4, -0.2) is 30.4 Å². The fourth-order valence-electron chi connectivity index (χ4n) is 2.49. The molecule has 1 aliphatic rings. The molecule has 0 spiro atoms. The lowest BCUT2D eigenvalue weighted by atomic mass is 9.71. The Morgan fingerprint density at radius 3 is 2.24 bits per heavy atom. The number of amides is 1. The van der Waals surface area contributed by atoms with E-state index in [2.05, 4.69) is 0 Å². The van der Waals surface area contributed by atoms with Gasteiger partial charge in [-0.25, -0.2) is 0 Å². The molecule has 0 aromatic rings. The summed E-state index contributed by atoms with van der Waals surface area (Å²) in [6, 6.07) is 0.283. The number of carbonyl (C=O) groups excluding carboxylic acids is 1. The molecule has 0 aromatic heterocycles. The lowest BCUT2D eigenvalue weighted by Gasteiger charge is -2.37. The van der Waals surface area contributed by atoms with Crippen molar-refractivity contribution in [2.45, 2.75) is 58.4 Å². The van der Waals surface area contributed by atoms with Gasteiger partial charge in [0.2, 0.25) is 5.91 Å². The van der Waals surface area contributed by atoms with E-state index in [1.165, 1.54) is 19.3 Å². The van der Waals surface area contributed by atoms with Crippen molar-refractivity contribution in [3.63, 3.8) is 0 Å². The lowest BCUT2D eigenvalue weighted by Crippen LogP contribution is -2.41. The van der Waals surface area contributed by atoms with Gasteiger partial charge in [0.15, 0.2) is 0 Å². The number of hydrogen-bond acceptors (Lipinski definition) is 2. The summed E-state index contributed by atoms with van der Waals surface area (Å²) in [5.41, 5.74) is 5.99. The predicted octanol–water partition coefficient (Wildman–Crippen LogP) is 2.57. The molecule has 0 bridgehead atoms. The van der Waals surface area contributed by atoms with Crippen LogP contribution in [0.1, 0.15) is 52.4 Å². The minimum Gasteiger partial charge on any atom is -0.343 e. The second kappa shape index (κ2) is 7.22. The molecule has 0 unspecified atom stereocenters. The predicted molar refractivity (Wildman–Crippen MR) is 74.3 cm³/mol. The highest BCUT2D eigenvalue weighted by Crippen LogP contribution is 2.38. The Bertz CT molecular complexity index is 238. The van der Waals surface area contributed by atoms with Crippen LogP contribution in [-0.2, 0) is 4.79 Å². The number of nitrogens with two attached hydrogens (primary N) is 1. The third-order valence-corrected chi connectivity index (χ3v) is 4.04. The average molecular weight is 263 g/mol. The highest BCUT2D eigenvalue weighted by atomic mass is 35.5. The van der Waals surface area contributed by atoms with Crippen LogP contribution in [0, 0.1) is 5.41 Å². The lowest BCUT2D eigenvalue weighted by molar-refractivity contribution is -0.134. The maximum atomic E-state index is 12.1. The van der Waals surface area contributed by atoms with Gasteiger partial charge in [0.1, 0.15) is 0 Å². The Labute approximate surface area is 112 Å². The standard InChI is InChI=1S/C13H26N2O.ClH/c1-11(2)15(3)12(16)9-13(10-14)7-5-4-6-8-13;/h11H,4-10,14H2,1-3H3;1H.